The summed E-state index contributed by atoms with van der Waals surface area (Å²) in [6.45, 7) is 2.22. The first-order valence-corrected chi connectivity index (χ1v) is 8.73. The predicted molar refractivity (Wildman–Crippen MR) is 94.1 cm³/mol. The van der Waals surface area contributed by atoms with Crippen molar-refractivity contribution in [2.24, 2.45) is 4.99 Å². The zero-order chi connectivity index (χ0) is 18.1. The maximum absolute atomic E-state index is 12.2. The summed E-state index contributed by atoms with van der Waals surface area (Å²) in [5.74, 6) is 0.993. The molecule has 0 bridgehead atoms. The van der Waals surface area contributed by atoms with Crippen molar-refractivity contribution >= 4 is 5.96 Å². The second kappa shape index (κ2) is 10.2. The van der Waals surface area contributed by atoms with Crippen LogP contribution in [0.2, 0.25) is 0 Å². The van der Waals surface area contributed by atoms with Crippen molar-refractivity contribution in [2.45, 2.75) is 45.4 Å². The number of rotatable bonds is 8. The first-order valence-electron chi connectivity index (χ1n) is 8.73. The lowest BCUT2D eigenvalue weighted by Crippen LogP contribution is -2.38. The van der Waals surface area contributed by atoms with Gasteiger partial charge in [-0.15, -0.1) is 0 Å². The van der Waals surface area contributed by atoms with E-state index in [1.807, 2.05) is 18.9 Å². The summed E-state index contributed by atoms with van der Waals surface area (Å²) in [6.07, 6.45) is 3.52. The fraction of sp³-hybridized carbons (Fsp3) is 0.611. The monoisotopic (exact) mass is 355 g/mol. The second-order valence-electron chi connectivity index (χ2n) is 6.04. The molecule has 0 aromatic heterocycles. The molecule has 1 N–H and O–H groups in total. The first kappa shape index (κ1) is 19.4. The molecule has 0 amide bonds. The standard InChI is InChI=1S/C18H27F2N3O2/c1-3-21-18(22-11-10-15-5-4-12-24-15)23(2)13-14-6-8-16(9-7-14)25-17(19)20/h6-9,15,17H,3-5,10-13H2,1-2H3,(H,21,22). The third-order valence-electron chi connectivity index (χ3n) is 4.00. The van der Waals surface area contributed by atoms with E-state index in [0.29, 0.717) is 12.6 Å². The van der Waals surface area contributed by atoms with E-state index >= 15 is 0 Å². The fourth-order valence-corrected chi connectivity index (χ4v) is 2.78. The maximum atomic E-state index is 12.2. The molecule has 1 heterocycles. The van der Waals surface area contributed by atoms with E-state index in [9.17, 15) is 8.78 Å². The van der Waals surface area contributed by atoms with Crippen LogP contribution < -0.4 is 10.1 Å². The van der Waals surface area contributed by atoms with Crippen LogP contribution in [-0.4, -0.2) is 50.3 Å². The van der Waals surface area contributed by atoms with Gasteiger partial charge in [0.15, 0.2) is 5.96 Å². The minimum atomic E-state index is -2.80. The minimum absolute atomic E-state index is 0.165. The minimum Gasteiger partial charge on any atom is -0.435 e. The SMILES string of the molecule is CCNC(=NCCC1CCCO1)N(C)Cc1ccc(OC(F)F)cc1. The molecular formula is C18H27F2N3O2. The molecule has 7 heteroatoms. The Hall–Kier alpha value is -1.89. The summed E-state index contributed by atoms with van der Waals surface area (Å²) in [4.78, 5) is 6.67. The average Bonchev–Trinajstić information content (AvgIpc) is 3.09. The molecular weight excluding hydrogens is 328 g/mol. The quantitative estimate of drug-likeness (QED) is 0.574. The normalized spacial score (nSPS) is 17.8. The summed E-state index contributed by atoms with van der Waals surface area (Å²) in [5.41, 5.74) is 0.994. The van der Waals surface area contributed by atoms with Crippen LogP contribution in [0.25, 0.3) is 0 Å². The number of aliphatic imine (C=N–C) groups is 1. The number of hydrogen-bond acceptors (Lipinski definition) is 3. The van der Waals surface area contributed by atoms with Crippen LogP contribution in [0.15, 0.2) is 29.3 Å². The number of hydrogen-bond donors (Lipinski definition) is 1. The molecule has 0 spiro atoms. The highest BCUT2D eigenvalue weighted by Gasteiger charge is 2.15. The van der Waals surface area contributed by atoms with Crippen LogP contribution in [0.5, 0.6) is 5.75 Å². The lowest BCUT2D eigenvalue weighted by Gasteiger charge is -2.22. The molecule has 25 heavy (non-hydrogen) atoms. The van der Waals surface area contributed by atoms with Gasteiger partial charge >= 0.3 is 6.61 Å². The van der Waals surface area contributed by atoms with Crippen LogP contribution >= 0.6 is 0 Å². The maximum Gasteiger partial charge on any atom is 0.387 e. The molecule has 2 rings (SSSR count). The molecule has 1 fully saturated rings. The molecule has 1 unspecified atom stereocenters. The molecule has 1 saturated heterocycles. The number of alkyl halides is 2. The molecule has 0 saturated carbocycles. The van der Waals surface area contributed by atoms with Crippen LogP contribution in [0.4, 0.5) is 8.78 Å². The van der Waals surface area contributed by atoms with E-state index in [1.165, 1.54) is 0 Å². The second-order valence-corrected chi connectivity index (χ2v) is 6.04. The fourth-order valence-electron chi connectivity index (χ4n) is 2.78. The number of nitrogens with one attached hydrogen (secondary N) is 1. The van der Waals surface area contributed by atoms with E-state index in [1.54, 1.807) is 24.3 Å². The van der Waals surface area contributed by atoms with Crippen LogP contribution in [0.3, 0.4) is 0 Å². The average molecular weight is 355 g/mol. The van der Waals surface area contributed by atoms with Gasteiger partial charge in [-0.25, -0.2) is 0 Å². The Bertz CT molecular complexity index is 532. The lowest BCUT2D eigenvalue weighted by atomic mass is 10.2. The third kappa shape index (κ3) is 6.86. The molecule has 1 aromatic rings. The molecule has 1 aliphatic heterocycles. The number of halogens is 2. The van der Waals surface area contributed by atoms with Crippen molar-refractivity contribution in [1.82, 2.24) is 10.2 Å². The molecule has 0 radical (unpaired) electrons. The van der Waals surface area contributed by atoms with Gasteiger partial charge in [-0.2, -0.15) is 8.78 Å². The van der Waals surface area contributed by atoms with Gasteiger partial charge in [0.2, 0.25) is 0 Å². The highest BCUT2D eigenvalue weighted by Crippen LogP contribution is 2.16. The Balaban J connectivity index is 1.88. The Morgan fingerprint density at radius 2 is 2.16 bits per heavy atom. The van der Waals surface area contributed by atoms with Crippen LogP contribution in [-0.2, 0) is 11.3 Å². The molecule has 1 aliphatic rings. The van der Waals surface area contributed by atoms with Crippen LogP contribution in [0, 0.1) is 0 Å². The largest absolute Gasteiger partial charge is 0.435 e. The first-order chi connectivity index (χ1) is 12.1. The molecule has 1 aromatic carbocycles. The van der Waals surface area contributed by atoms with Gasteiger partial charge in [-0.3, -0.25) is 4.99 Å². The van der Waals surface area contributed by atoms with Gasteiger partial charge < -0.3 is 19.7 Å². The molecule has 140 valence electrons. The predicted octanol–water partition coefficient (Wildman–Crippen LogP) is 3.25. The van der Waals surface area contributed by atoms with Gasteiger partial charge in [0, 0.05) is 33.3 Å². The van der Waals surface area contributed by atoms with Gasteiger partial charge in [0.25, 0.3) is 0 Å². The summed E-state index contributed by atoms with van der Waals surface area (Å²) in [6, 6.07) is 6.67. The van der Waals surface area contributed by atoms with Crippen LogP contribution in [0.1, 0.15) is 31.7 Å². The van der Waals surface area contributed by atoms with Crippen molar-refractivity contribution in [1.29, 1.82) is 0 Å². The van der Waals surface area contributed by atoms with Crippen molar-refractivity contribution in [3.8, 4) is 5.75 Å². The lowest BCUT2D eigenvalue weighted by molar-refractivity contribution is -0.0498. The summed E-state index contributed by atoms with van der Waals surface area (Å²) < 4.78 is 34.4. The number of ether oxygens (including phenoxy) is 2. The highest BCUT2D eigenvalue weighted by atomic mass is 19.3. The molecule has 5 nitrogen and oxygen atoms in total. The van der Waals surface area contributed by atoms with E-state index in [4.69, 9.17) is 4.74 Å². The summed E-state index contributed by atoms with van der Waals surface area (Å²) in [5, 5.41) is 3.28. The van der Waals surface area contributed by atoms with E-state index < -0.39 is 6.61 Å². The zero-order valence-corrected chi connectivity index (χ0v) is 14.9. The zero-order valence-electron chi connectivity index (χ0n) is 14.9. The topological polar surface area (TPSA) is 46.1 Å². The third-order valence-corrected chi connectivity index (χ3v) is 4.00. The van der Waals surface area contributed by atoms with E-state index in [2.05, 4.69) is 15.0 Å². The molecule has 1 atom stereocenters. The Morgan fingerprint density at radius 3 is 2.76 bits per heavy atom. The van der Waals surface area contributed by atoms with Gasteiger partial charge in [-0.1, -0.05) is 12.1 Å². The highest BCUT2D eigenvalue weighted by molar-refractivity contribution is 5.79. The summed E-state index contributed by atoms with van der Waals surface area (Å²) >= 11 is 0. The van der Waals surface area contributed by atoms with E-state index in [-0.39, 0.29) is 5.75 Å². The Kier molecular flexibility index (Phi) is 7.91. The van der Waals surface area contributed by atoms with Crippen molar-refractivity contribution < 1.29 is 18.3 Å². The van der Waals surface area contributed by atoms with E-state index in [0.717, 1.165) is 50.5 Å². The van der Waals surface area contributed by atoms with Gasteiger partial charge in [0.1, 0.15) is 5.75 Å². The number of nitrogens with zero attached hydrogens (tertiary/aromatic N) is 2. The van der Waals surface area contributed by atoms with Gasteiger partial charge in [-0.05, 0) is 43.9 Å². The van der Waals surface area contributed by atoms with Crippen molar-refractivity contribution in [3.63, 3.8) is 0 Å². The Labute approximate surface area is 148 Å². The van der Waals surface area contributed by atoms with Crippen molar-refractivity contribution in [2.75, 3.05) is 26.7 Å². The molecule has 0 aliphatic carbocycles. The summed E-state index contributed by atoms with van der Waals surface area (Å²) in [7, 11) is 1.96. The smallest absolute Gasteiger partial charge is 0.387 e. The number of benzene rings is 1. The number of guanidine groups is 1. The van der Waals surface area contributed by atoms with Crippen molar-refractivity contribution in [3.05, 3.63) is 29.8 Å². The van der Waals surface area contributed by atoms with Gasteiger partial charge in [0.05, 0.1) is 6.10 Å². The Morgan fingerprint density at radius 1 is 1.40 bits per heavy atom.